The molecular weight excluding hydrogens is 304 g/mol. The van der Waals surface area contributed by atoms with Gasteiger partial charge in [-0.25, -0.2) is 0 Å². The Morgan fingerprint density at radius 2 is 2.04 bits per heavy atom. The zero-order valence-corrected chi connectivity index (χ0v) is 14.6. The number of ketones is 1. The van der Waals surface area contributed by atoms with Crippen molar-refractivity contribution in [2.24, 2.45) is 0 Å². The van der Waals surface area contributed by atoms with E-state index in [9.17, 15) is 4.79 Å². The van der Waals surface area contributed by atoms with Gasteiger partial charge in [0.05, 0.1) is 6.04 Å². The average Bonchev–Trinajstić information content (AvgIpc) is 3.17. The third-order valence-corrected chi connectivity index (χ3v) is 5.27. The third-order valence-electron chi connectivity index (χ3n) is 4.41. The first-order valence-electron chi connectivity index (χ1n) is 7.99. The molecule has 23 heavy (non-hydrogen) atoms. The van der Waals surface area contributed by atoms with Gasteiger partial charge in [-0.2, -0.15) is 0 Å². The van der Waals surface area contributed by atoms with Crippen LogP contribution in [0.3, 0.4) is 0 Å². The van der Waals surface area contributed by atoms with E-state index in [0.717, 1.165) is 35.2 Å². The number of thiophene rings is 1. The number of para-hydroxylation sites is 1. The highest BCUT2D eigenvalue weighted by atomic mass is 32.1. The van der Waals surface area contributed by atoms with Crippen molar-refractivity contribution in [2.75, 3.05) is 6.54 Å². The normalized spacial score (nSPS) is 12.9. The molecule has 0 radical (unpaired) electrons. The topological polar surface area (TPSA) is 36.1 Å². The molecule has 3 rings (SSSR count). The Morgan fingerprint density at radius 1 is 1.26 bits per heavy atom. The van der Waals surface area contributed by atoms with Gasteiger partial charge in [-0.05, 0) is 37.9 Å². The molecule has 4 heteroatoms. The van der Waals surface area contributed by atoms with E-state index in [1.54, 1.807) is 11.3 Å². The lowest BCUT2D eigenvalue weighted by molar-refractivity contribution is 0.0838. The molecule has 120 valence electrons. The second-order valence-electron chi connectivity index (χ2n) is 5.85. The molecule has 1 atom stereocenters. The monoisotopic (exact) mass is 326 g/mol. The molecule has 1 N–H and O–H groups in total. The Morgan fingerprint density at radius 3 is 2.74 bits per heavy atom. The molecule has 0 spiro atoms. The van der Waals surface area contributed by atoms with Crippen LogP contribution in [0.25, 0.3) is 10.9 Å². The van der Waals surface area contributed by atoms with Crippen LogP contribution in [0.2, 0.25) is 0 Å². The third kappa shape index (κ3) is 3.09. The van der Waals surface area contributed by atoms with E-state index in [0.29, 0.717) is 0 Å². The van der Waals surface area contributed by atoms with E-state index in [-0.39, 0.29) is 11.8 Å². The van der Waals surface area contributed by atoms with Gasteiger partial charge in [0, 0.05) is 33.6 Å². The Bertz CT molecular complexity index is 804. The second kappa shape index (κ2) is 6.69. The Hall–Kier alpha value is -1.91. The maximum Gasteiger partial charge on any atom is 0.182 e. The molecule has 0 aliphatic rings. The first-order chi connectivity index (χ1) is 11.1. The molecule has 0 saturated carbocycles. The van der Waals surface area contributed by atoms with Crippen LogP contribution in [-0.2, 0) is 6.54 Å². The zero-order valence-electron chi connectivity index (χ0n) is 13.8. The summed E-state index contributed by atoms with van der Waals surface area (Å²) in [6, 6.07) is 12.1. The van der Waals surface area contributed by atoms with Crippen molar-refractivity contribution in [1.29, 1.82) is 0 Å². The van der Waals surface area contributed by atoms with Crippen molar-refractivity contribution in [3.05, 3.63) is 57.9 Å². The number of nitrogens with zero attached hydrogens (tertiary/aromatic N) is 1. The fraction of sp³-hybridized carbons (Fsp3) is 0.316. The zero-order chi connectivity index (χ0) is 16.4. The van der Waals surface area contributed by atoms with E-state index in [4.69, 9.17) is 0 Å². The van der Waals surface area contributed by atoms with Crippen molar-refractivity contribution < 1.29 is 4.79 Å². The molecule has 3 nitrogen and oxygen atoms in total. The van der Waals surface area contributed by atoms with Crippen molar-refractivity contribution in [3.63, 3.8) is 0 Å². The fourth-order valence-electron chi connectivity index (χ4n) is 3.09. The average molecular weight is 326 g/mol. The molecule has 0 unspecified atom stereocenters. The van der Waals surface area contributed by atoms with Crippen LogP contribution in [0.15, 0.2) is 41.8 Å². The van der Waals surface area contributed by atoms with E-state index in [1.807, 2.05) is 38.1 Å². The molecule has 0 saturated heterocycles. The number of aryl methyl sites for hydroxylation is 1. The molecule has 0 aliphatic carbocycles. The van der Waals surface area contributed by atoms with Crippen molar-refractivity contribution in [2.45, 2.75) is 33.4 Å². The predicted octanol–water partition coefficient (Wildman–Crippen LogP) is 4.63. The maximum atomic E-state index is 13.1. The highest BCUT2D eigenvalue weighted by Gasteiger charge is 2.25. The SMILES string of the molecule is CCN(Cc1cccs1)[C@@H](C)C(=O)c1c(C)[nH]c2ccccc12. The summed E-state index contributed by atoms with van der Waals surface area (Å²) < 4.78 is 0. The first kappa shape index (κ1) is 16.0. The second-order valence-corrected chi connectivity index (χ2v) is 6.89. The number of aromatic nitrogens is 1. The molecular formula is C19H22N2OS. The highest BCUT2D eigenvalue weighted by molar-refractivity contribution is 7.09. The van der Waals surface area contributed by atoms with Crippen molar-refractivity contribution in [3.8, 4) is 0 Å². The summed E-state index contributed by atoms with van der Waals surface area (Å²) in [6.07, 6.45) is 0. The van der Waals surface area contributed by atoms with Crippen LogP contribution in [0.4, 0.5) is 0 Å². The van der Waals surface area contributed by atoms with E-state index in [1.165, 1.54) is 4.88 Å². The lowest BCUT2D eigenvalue weighted by atomic mass is 10.0. The van der Waals surface area contributed by atoms with Gasteiger partial charge < -0.3 is 4.98 Å². The number of H-pyrrole nitrogens is 1. The number of likely N-dealkylation sites (N-methyl/N-ethyl adjacent to an activating group) is 1. The van der Waals surface area contributed by atoms with Crippen molar-refractivity contribution in [1.82, 2.24) is 9.88 Å². The van der Waals surface area contributed by atoms with Crippen molar-refractivity contribution >= 4 is 28.0 Å². The quantitative estimate of drug-likeness (QED) is 0.670. The van der Waals surface area contributed by atoms with Crippen LogP contribution in [0.5, 0.6) is 0 Å². The minimum atomic E-state index is -0.139. The summed E-state index contributed by atoms with van der Waals surface area (Å²) in [7, 11) is 0. The van der Waals surface area contributed by atoms with Gasteiger partial charge in [-0.1, -0.05) is 31.2 Å². The van der Waals surface area contributed by atoms with Gasteiger partial charge in [-0.3, -0.25) is 9.69 Å². The van der Waals surface area contributed by atoms with Gasteiger partial charge in [0.15, 0.2) is 5.78 Å². The summed E-state index contributed by atoms with van der Waals surface area (Å²) >= 11 is 1.74. The van der Waals surface area contributed by atoms with Gasteiger partial charge >= 0.3 is 0 Å². The highest BCUT2D eigenvalue weighted by Crippen LogP contribution is 2.25. The summed E-state index contributed by atoms with van der Waals surface area (Å²) in [5.41, 5.74) is 2.81. The number of hydrogen-bond acceptors (Lipinski definition) is 3. The minimum absolute atomic E-state index is 0.139. The lowest BCUT2D eigenvalue weighted by Crippen LogP contribution is -2.38. The van der Waals surface area contributed by atoms with Crippen LogP contribution in [0.1, 0.15) is 34.8 Å². The Balaban J connectivity index is 1.89. The number of benzene rings is 1. The molecule has 1 aromatic carbocycles. The number of hydrogen-bond donors (Lipinski definition) is 1. The summed E-state index contributed by atoms with van der Waals surface area (Å²) in [6.45, 7) is 7.78. The van der Waals surface area contributed by atoms with E-state index >= 15 is 0 Å². The van der Waals surface area contributed by atoms with Crippen LogP contribution in [0, 0.1) is 6.92 Å². The van der Waals surface area contributed by atoms with Crippen LogP contribution in [-0.4, -0.2) is 28.3 Å². The Labute approximate surface area is 140 Å². The molecule has 2 heterocycles. The van der Waals surface area contributed by atoms with E-state index < -0.39 is 0 Å². The predicted molar refractivity (Wildman–Crippen MR) is 97.2 cm³/mol. The maximum absolute atomic E-state index is 13.1. The number of carbonyl (C=O) groups is 1. The smallest absolute Gasteiger partial charge is 0.182 e. The van der Waals surface area contributed by atoms with Crippen LogP contribution < -0.4 is 0 Å². The summed E-state index contributed by atoms with van der Waals surface area (Å²) in [5.74, 6) is 0.193. The molecule has 0 bridgehead atoms. The molecule has 3 aromatic rings. The molecule has 0 aliphatic heterocycles. The number of fused-ring (bicyclic) bond motifs is 1. The molecule has 0 fully saturated rings. The van der Waals surface area contributed by atoms with Gasteiger partial charge in [0.1, 0.15) is 0 Å². The fourth-order valence-corrected chi connectivity index (χ4v) is 3.82. The number of nitrogens with one attached hydrogen (secondary N) is 1. The summed E-state index contributed by atoms with van der Waals surface area (Å²) in [5, 5.41) is 3.11. The summed E-state index contributed by atoms with van der Waals surface area (Å²) in [4.78, 5) is 20.0. The number of rotatable bonds is 6. The number of carbonyl (C=O) groups excluding carboxylic acids is 1. The largest absolute Gasteiger partial charge is 0.358 e. The molecule has 0 amide bonds. The number of Topliss-reactive ketones (excluding diaryl/α,β-unsaturated/α-hetero) is 1. The van der Waals surface area contributed by atoms with E-state index in [2.05, 4.69) is 34.3 Å². The number of aromatic amines is 1. The van der Waals surface area contributed by atoms with Gasteiger partial charge in [0.25, 0.3) is 0 Å². The first-order valence-corrected chi connectivity index (χ1v) is 8.87. The van der Waals surface area contributed by atoms with Crippen LogP contribution >= 0.6 is 11.3 Å². The minimum Gasteiger partial charge on any atom is -0.358 e. The Kier molecular flexibility index (Phi) is 4.64. The van der Waals surface area contributed by atoms with Gasteiger partial charge in [-0.15, -0.1) is 11.3 Å². The standard InChI is InChI=1S/C19H22N2OS/c1-4-21(12-15-8-7-11-23-15)14(3)19(22)18-13(2)20-17-10-6-5-9-16(17)18/h5-11,14,20H,4,12H2,1-3H3/t14-/m0/s1. The van der Waals surface area contributed by atoms with Gasteiger partial charge in [0.2, 0.25) is 0 Å². The lowest BCUT2D eigenvalue weighted by Gasteiger charge is -2.26. The molecule has 2 aromatic heterocycles.